The van der Waals surface area contributed by atoms with E-state index in [0.717, 1.165) is 0 Å². The Kier molecular flexibility index (Phi) is 8.79. The van der Waals surface area contributed by atoms with E-state index in [1.807, 2.05) is 18.5 Å². The van der Waals surface area contributed by atoms with E-state index in [1.54, 1.807) is 6.07 Å². The molecule has 2 aromatic heterocycles. The van der Waals surface area contributed by atoms with Crippen LogP contribution in [0.15, 0.2) is 49.1 Å². The van der Waals surface area contributed by atoms with Crippen molar-refractivity contribution in [3.05, 3.63) is 60.2 Å². The summed E-state index contributed by atoms with van der Waals surface area (Å²) in [5.74, 6) is -0.942. The van der Waals surface area contributed by atoms with Crippen molar-refractivity contribution < 1.29 is 27.4 Å². The number of rotatable bonds is 2. The van der Waals surface area contributed by atoms with Crippen LogP contribution < -0.4 is 0 Å². The third-order valence-electron chi connectivity index (χ3n) is 3.50. The van der Waals surface area contributed by atoms with Crippen molar-refractivity contribution in [2.75, 3.05) is 13.6 Å². The number of pyridine rings is 2. The SMILES string of the molecule is CN1CCCC1c1cccnc1.O=C(O)c1cccnc1.O=S(=O)(O)O. The number of aromatic carboxylic acids is 1. The predicted octanol–water partition coefficient (Wildman–Crippen LogP) is 1.98. The summed E-state index contributed by atoms with van der Waals surface area (Å²) in [6.07, 6.45) is 9.25. The van der Waals surface area contributed by atoms with E-state index in [2.05, 4.69) is 28.0 Å². The van der Waals surface area contributed by atoms with Gasteiger partial charge in [0.1, 0.15) is 0 Å². The van der Waals surface area contributed by atoms with Gasteiger partial charge in [-0.15, -0.1) is 0 Å². The molecule has 26 heavy (non-hydrogen) atoms. The molecule has 0 radical (unpaired) electrons. The van der Waals surface area contributed by atoms with Crippen LogP contribution in [0.4, 0.5) is 0 Å². The van der Waals surface area contributed by atoms with Gasteiger partial charge in [0.05, 0.1) is 5.56 Å². The second kappa shape index (κ2) is 10.6. The summed E-state index contributed by atoms with van der Waals surface area (Å²) in [6, 6.07) is 7.87. The van der Waals surface area contributed by atoms with Crippen LogP contribution in [0.2, 0.25) is 0 Å². The van der Waals surface area contributed by atoms with E-state index >= 15 is 0 Å². The Morgan fingerprint density at radius 1 is 1.15 bits per heavy atom. The maximum absolute atomic E-state index is 10.2. The van der Waals surface area contributed by atoms with Gasteiger partial charge in [-0.2, -0.15) is 8.42 Å². The lowest BCUT2D eigenvalue weighted by Gasteiger charge is -2.18. The first-order valence-electron chi connectivity index (χ1n) is 7.62. The molecule has 0 saturated carbocycles. The molecule has 1 aliphatic heterocycles. The molecule has 1 aliphatic rings. The molecule has 3 heterocycles. The third-order valence-corrected chi connectivity index (χ3v) is 3.50. The molecule has 0 bridgehead atoms. The minimum Gasteiger partial charge on any atom is -0.478 e. The summed E-state index contributed by atoms with van der Waals surface area (Å²) in [7, 11) is -2.48. The van der Waals surface area contributed by atoms with Crippen LogP contribution in [0.1, 0.15) is 34.8 Å². The Bertz CT molecular complexity index is 763. The molecule has 1 saturated heterocycles. The first-order chi connectivity index (χ1) is 12.2. The molecule has 3 rings (SSSR count). The van der Waals surface area contributed by atoms with Crippen LogP contribution in [0, 0.1) is 0 Å². The number of aromatic nitrogens is 2. The number of carboxylic acids is 1. The molecule has 9 nitrogen and oxygen atoms in total. The number of hydrogen-bond donors (Lipinski definition) is 3. The monoisotopic (exact) mass is 383 g/mol. The minimum atomic E-state index is -4.67. The molecule has 10 heteroatoms. The van der Waals surface area contributed by atoms with Crippen molar-refractivity contribution in [2.45, 2.75) is 18.9 Å². The van der Waals surface area contributed by atoms with Crippen molar-refractivity contribution in [3.8, 4) is 0 Å². The summed E-state index contributed by atoms with van der Waals surface area (Å²) in [6.45, 7) is 1.22. The van der Waals surface area contributed by atoms with Gasteiger partial charge in [0.25, 0.3) is 0 Å². The average molecular weight is 383 g/mol. The quantitative estimate of drug-likeness (QED) is 0.664. The highest BCUT2D eigenvalue weighted by Crippen LogP contribution is 2.29. The smallest absolute Gasteiger partial charge is 0.394 e. The number of likely N-dealkylation sites (tertiary alicyclic amines) is 1. The average Bonchev–Trinajstić information content (AvgIpc) is 3.02. The second-order valence-electron chi connectivity index (χ2n) is 5.42. The van der Waals surface area contributed by atoms with E-state index < -0.39 is 16.4 Å². The van der Waals surface area contributed by atoms with E-state index in [-0.39, 0.29) is 5.56 Å². The standard InChI is InChI=1S/C10H14N2.C6H5NO2.H2O4S/c1-12-7-3-5-10(12)9-4-2-6-11-8-9;8-6(9)5-2-1-3-7-4-5;1-5(2,3)4/h2,4,6,8,10H,3,5,7H2,1H3;1-4H,(H,8,9);(H2,1,2,3,4). The van der Waals surface area contributed by atoms with Crippen LogP contribution in [0.3, 0.4) is 0 Å². The fourth-order valence-electron chi connectivity index (χ4n) is 2.39. The largest absolute Gasteiger partial charge is 0.478 e. The van der Waals surface area contributed by atoms with Crippen molar-refractivity contribution in [3.63, 3.8) is 0 Å². The van der Waals surface area contributed by atoms with Crippen molar-refractivity contribution >= 4 is 16.4 Å². The Morgan fingerprint density at radius 3 is 2.08 bits per heavy atom. The topological polar surface area (TPSA) is 141 Å². The van der Waals surface area contributed by atoms with Crippen molar-refractivity contribution in [1.29, 1.82) is 0 Å². The van der Waals surface area contributed by atoms with Gasteiger partial charge in [-0.3, -0.25) is 24.0 Å². The summed E-state index contributed by atoms with van der Waals surface area (Å²) < 4.78 is 31.6. The fraction of sp³-hybridized carbons (Fsp3) is 0.312. The molecular formula is C16H21N3O6S. The van der Waals surface area contributed by atoms with E-state index in [1.165, 1.54) is 43.4 Å². The third kappa shape index (κ3) is 9.18. The summed E-state index contributed by atoms with van der Waals surface area (Å²) >= 11 is 0. The lowest BCUT2D eigenvalue weighted by Crippen LogP contribution is -2.17. The molecule has 0 aliphatic carbocycles. The highest BCUT2D eigenvalue weighted by Gasteiger charge is 2.21. The predicted molar refractivity (Wildman–Crippen MR) is 94.2 cm³/mol. The maximum atomic E-state index is 10.2. The van der Waals surface area contributed by atoms with Gasteiger partial charge >= 0.3 is 16.4 Å². The molecule has 1 unspecified atom stereocenters. The molecule has 1 fully saturated rings. The lowest BCUT2D eigenvalue weighted by molar-refractivity contribution is 0.0696. The second-order valence-corrected chi connectivity index (χ2v) is 6.32. The van der Waals surface area contributed by atoms with Gasteiger partial charge in [-0.05, 0) is 50.2 Å². The number of carboxylic acid groups (broad SMARTS) is 1. The highest BCUT2D eigenvalue weighted by molar-refractivity contribution is 7.79. The van der Waals surface area contributed by atoms with E-state index in [0.29, 0.717) is 6.04 Å². The first-order valence-corrected chi connectivity index (χ1v) is 9.01. The molecule has 0 spiro atoms. The van der Waals surface area contributed by atoms with E-state index in [4.69, 9.17) is 22.6 Å². The number of hydrogen-bond acceptors (Lipinski definition) is 6. The highest BCUT2D eigenvalue weighted by atomic mass is 32.3. The molecule has 0 amide bonds. The van der Waals surface area contributed by atoms with Gasteiger partial charge in [-0.25, -0.2) is 4.79 Å². The molecule has 3 N–H and O–H groups in total. The van der Waals surface area contributed by atoms with Crippen LogP contribution in [0.25, 0.3) is 0 Å². The molecule has 142 valence electrons. The van der Waals surface area contributed by atoms with Crippen molar-refractivity contribution in [2.24, 2.45) is 0 Å². The maximum Gasteiger partial charge on any atom is 0.394 e. The summed E-state index contributed by atoms with van der Waals surface area (Å²) in [5.41, 5.74) is 1.58. The van der Waals surface area contributed by atoms with Crippen LogP contribution >= 0.6 is 0 Å². The van der Waals surface area contributed by atoms with Crippen LogP contribution in [-0.2, 0) is 10.4 Å². The van der Waals surface area contributed by atoms with Gasteiger partial charge in [0.15, 0.2) is 0 Å². The Labute approximate surface area is 151 Å². The van der Waals surface area contributed by atoms with Gasteiger partial charge in [0, 0.05) is 30.8 Å². The number of carbonyl (C=O) groups is 1. The summed E-state index contributed by atoms with van der Waals surface area (Å²) in [4.78, 5) is 20.3. The Morgan fingerprint density at radius 2 is 1.73 bits per heavy atom. The van der Waals surface area contributed by atoms with Gasteiger partial charge in [-0.1, -0.05) is 6.07 Å². The van der Waals surface area contributed by atoms with Gasteiger partial charge < -0.3 is 5.11 Å². The summed E-state index contributed by atoms with van der Waals surface area (Å²) in [5, 5.41) is 8.34. The Hall–Kier alpha value is -2.40. The molecular weight excluding hydrogens is 362 g/mol. The lowest BCUT2D eigenvalue weighted by atomic mass is 10.1. The van der Waals surface area contributed by atoms with E-state index in [9.17, 15) is 4.79 Å². The Balaban J connectivity index is 0.000000214. The first kappa shape index (κ1) is 21.6. The number of nitrogens with zero attached hydrogens (tertiary/aromatic N) is 3. The van der Waals surface area contributed by atoms with Crippen LogP contribution in [0.5, 0.6) is 0 Å². The molecule has 2 aromatic rings. The molecule has 0 aromatic carbocycles. The fourth-order valence-corrected chi connectivity index (χ4v) is 2.39. The molecule has 1 atom stereocenters. The zero-order chi connectivity index (χ0) is 19.6. The van der Waals surface area contributed by atoms with Crippen molar-refractivity contribution in [1.82, 2.24) is 14.9 Å². The normalized spacial score (nSPS) is 16.7. The zero-order valence-corrected chi connectivity index (χ0v) is 15.0. The van der Waals surface area contributed by atoms with Gasteiger partial charge in [0.2, 0.25) is 0 Å². The zero-order valence-electron chi connectivity index (χ0n) is 14.1. The van der Waals surface area contributed by atoms with Crippen LogP contribution in [-0.4, -0.2) is 57.1 Å². The minimum absolute atomic E-state index is 0.220.